The molecule has 2 rings (SSSR count). The van der Waals surface area contributed by atoms with Crippen molar-refractivity contribution in [2.45, 2.75) is 33.2 Å². The van der Waals surface area contributed by atoms with E-state index in [4.69, 9.17) is 5.73 Å². The Bertz CT molecular complexity index is 809. The number of carbonyl (C=O) groups is 2. The van der Waals surface area contributed by atoms with E-state index < -0.39 is 17.4 Å². The van der Waals surface area contributed by atoms with Gasteiger partial charge in [-0.05, 0) is 6.92 Å². The number of hydrogen-bond acceptors (Lipinski definition) is 6. The Labute approximate surface area is 136 Å². The molecule has 8 nitrogen and oxygen atoms in total. The molecule has 0 radical (unpaired) electrons. The molecule has 0 aliphatic carbocycles. The lowest BCUT2D eigenvalue weighted by Gasteiger charge is -2.09. The Hall–Kier alpha value is -2.55. The Kier molecular flexibility index (Phi) is 4.89. The summed E-state index contributed by atoms with van der Waals surface area (Å²) in [5, 5.41) is 3.12. The maximum absolute atomic E-state index is 12.2. The van der Waals surface area contributed by atoms with Gasteiger partial charge >= 0.3 is 0 Å². The maximum Gasteiger partial charge on any atom is 0.264 e. The van der Waals surface area contributed by atoms with Gasteiger partial charge in [0.25, 0.3) is 17.4 Å². The van der Waals surface area contributed by atoms with Gasteiger partial charge < -0.3 is 16.0 Å². The molecule has 23 heavy (non-hydrogen) atoms. The SMILES string of the molecule is Cc1nc(C(C)C)[nH]c(=O)c1C(=O)NCc1ncc(C(N)=O)s1. The lowest BCUT2D eigenvalue weighted by Crippen LogP contribution is -2.32. The molecule has 0 fully saturated rings. The summed E-state index contributed by atoms with van der Waals surface area (Å²) in [7, 11) is 0. The summed E-state index contributed by atoms with van der Waals surface area (Å²) in [6.45, 7) is 5.51. The van der Waals surface area contributed by atoms with Gasteiger partial charge in [0, 0.05) is 5.92 Å². The van der Waals surface area contributed by atoms with Gasteiger partial charge in [0.15, 0.2) is 0 Å². The molecule has 2 amide bonds. The Morgan fingerprint density at radius 3 is 2.65 bits per heavy atom. The molecule has 0 saturated heterocycles. The molecule has 0 atom stereocenters. The summed E-state index contributed by atoms with van der Waals surface area (Å²) in [6.07, 6.45) is 1.35. The topological polar surface area (TPSA) is 131 Å². The molecule has 4 N–H and O–H groups in total. The van der Waals surface area contributed by atoms with Crippen LogP contribution in [-0.2, 0) is 6.54 Å². The molecule has 2 heterocycles. The quantitative estimate of drug-likeness (QED) is 0.740. The number of amides is 2. The van der Waals surface area contributed by atoms with Gasteiger partial charge in [-0.25, -0.2) is 9.97 Å². The molecule has 0 aliphatic heterocycles. The monoisotopic (exact) mass is 335 g/mol. The number of nitrogens with one attached hydrogen (secondary N) is 2. The van der Waals surface area contributed by atoms with E-state index in [0.29, 0.717) is 21.4 Å². The third-order valence-corrected chi connectivity index (χ3v) is 4.10. The molecule has 0 aliphatic rings. The van der Waals surface area contributed by atoms with Crippen LogP contribution in [0.25, 0.3) is 0 Å². The average Bonchev–Trinajstić information content (AvgIpc) is 2.93. The summed E-state index contributed by atoms with van der Waals surface area (Å²) in [5.74, 6) is -0.514. The van der Waals surface area contributed by atoms with E-state index in [-0.39, 0.29) is 18.0 Å². The van der Waals surface area contributed by atoms with Crippen molar-refractivity contribution in [1.82, 2.24) is 20.3 Å². The predicted octanol–water partition coefficient (Wildman–Crippen LogP) is 0.687. The zero-order valence-electron chi connectivity index (χ0n) is 13.0. The average molecular weight is 335 g/mol. The van der Waals surface area contributed by atoms with Crippen LogP contribution in [0.1, 0.15) is 56.3 Å². The van der Waals surface area contributed by atoms with Gasteiger partial charge in [-0.15, -0.1) is 11.3 Å². The first-order valence-electron chi connectivity index (χ1n) is 6.93. The normalized spacial score (nSPS) is 10.8. The number of hydrogen-bond donors (Lipinski definition) is 3. The molecule has 122 valence electrons. The van der Waals surface area contributed by atoms with Crippen molar-refractivity contribution in [2.24, 2.45) is 5.73 Å². The van der Waals surface area contributed by atoms with Crippen LogP contribution in [0.3, 0.4) is 0 Å². The zero-order chi connectivity index (χ0) is 17.1. The second kappa shape index (κ2) is 6.69. The fourth-order valence-electron chi connectivity index (χ4n) is 1.90. The predicted molar refractivity (Wildman–Crippen MR) is 85.5 cm³/mol. The molecule has 2 aromatic rings. The molecule has 9 heteroatoms. The van der Waals surface area contributed by atoms with E-state index in [1.165, 1.54) is 6.20 Å². The summed E-state index contributed by atoms with van der Waals surface area (Å²) >= 11 is 1.09. The molecule has 0 unspecified atom stereocenters. The fourth-order valence-corrected chi connectivity index (χ4v) is 2.61. The number of nitrogens with zero attached hydrogens (tertiary/aromatic N) is 2. The van der Waals surface area contributed by atoms with Crippen LogP contribution in [-0.4, -0.2) is 26.8 Å². The maximum atomic E-state index is 12.2. The fraction of sp³-hybridized carbons (Fsp3) is 0.357. The highest BCUT2D eigenvalue weighted by atomic mass is 32.1. The second-order valence-corrected chi connectivity index (χ2v) is 6.35. The van der Waals surface area contributed by atoms with Crippen LogP contribution in [0.5, 0.6) is 0 Å². The number of aromatic amines is 1. The third-order valence-electron chi connectivity index (χ3n) is 3.09. The Morgan fingerprint density at radius 1 is 1.43 bits per heavy atom. The highest BCUT2D eigenvalue weighted by Crippen LogP contribution is 2.12. The van der Waals surface area contributed by atoms with Crippen LogP contribution < -0.4 is 16.6 Å². The van der Waals surface area contributed by atoms with Crippen LogP contribution in [0.4, 0.5) is 0 Å². The summed E-state index contributed by atoms with van der Waals surface area (Å²) in [5.41, 5.74) is 5.01. The molecule has 0 spiro atoms. The van der Waals surface area contributed by atoms with Gasteiger partial charge in [-0.3, -0.25) is 14.4 Å². The molecule has 0 bridgehead atoms. The minimum Gasteiger partial charge on any atom is -0.365 e. The van der Waals surface area contributed by atoms with Gasteiger partial charge in [0.2, 0.25) is 0 Å². The van der Waals surface area contributed by atoms with Crippen LogP contribution >= 0.6 is 11.3 Å². The van der Waals surface area contributed by atoms with E-state index in [1.807, 2.05) is 13.8 Å². The Morgan fingerprint density at radius 2 is 2.13 bits per heavy atom. The van der Waals surface area contributed by atoms with Crippen molar-refractivity contribution in [2.75, 3.05) is 0 Å². The number of rotatable bonds is 5. The van der Waals surface area contributed by atoms with Crippen molar-refractivity contribution in [1.29, 1.82) is 0 Å². The van der Waals surface area contributed by atoms with Crippen LogP contribution in [0.15, 0.2) is 11.0 Å². The third kappa shape index (κ3) is 3.81. The second-order valence-electron chi connectivity index (χ2n) is 5.23. The van der Waals surface area contributed by atoms with Crippen LogP contribution in [0.2, 0.25) is 0 Å². The molecule has 2 aromatic heterocycles. The van der Waals surface area contributed by atoms with Gasteiger partial charge in [-0.1, -0.05) is 13.8 Å². The molecular weight excluding hydrogens is 318 g/mol. The Balaban J connectivity index is 2.14. The van der Waals surface area contributed by atoms with E-state index in [2.05, 4.69) is 20.3 Å². The number of primary amides is 1. The van der Waals surface area contributed by atoms with Crippen molar-refractivity contribution in [3.05, 3.63) is 43.5 Å². The summed E-state index contributed by atoms with van der Waals surface area (Å²) in [6, 6.07) is 0. The minimum atomic E-state index is -0.569. The molecule has 0 aromatic carbocycles. The van der Waals surface area contributed by atoms with Crippen LogP contribution in [0, 0.1) is 6.92 Å². The summed E-state index contributed by atoms with van der Waals surface area (Å²) < 4.78 is 0. The highest BCUT2D eigenvalue weighted by molar-refractivity contribution is 7.13. The first-order chi connectivity index (χ1) is 10.8. The van der Waals surface area contributed by atoms with E-state index in [9.17, 15) is 14.4 Å². The number of aromatic nitrogens is 3. The van der Waals surface area contributed by atoms with E-state index in [1.54, 1.807) is 6.92 Å². The summed E-state index contributed by atoms with van der Waals surface area (Å²) in [4.78, 5) is 46.4. The van der Waals surface area contributed by atoms with Crippen molar-refractivity contribution in [3.63, 3.8) is 0 Å². The van der Waals surface area contributed by atoms with Crippen molar-refractivity contribution < 1.29 is 9.59 Å². The molecular formula is C14H17N5O3S. The van der Waals surface area contributed by atoms with Crippen molar-refractivity contribution in [3.8, 4) is 0 Å². The van der Waals surface area contributed by atoms with Gasteiger partial charge in [0.05, 0.1) is 18.4 Å². The smallest absolute Gasteiger partial charge is 0.264 e. The largest absolute Gasteiger partial charge is 0.365 e. The number of thiazole rings is 1. The first-order valence-corrected chi connectivity index (χ1v) is 7.74. The highest BCUT2D eigenvalue weighted by Gasteiger charge is 2.17. The minimum absolute atomic E-state index is 0.0268. The molecule has 0 saturated carbocycles. The lowest BCUT2D eigenvalue weighted by molar-refractivity contribution is 0.0947. The van der Waals surface area contributed by atoms with E-state index >= 15 is 0 Å². The lowest BCUT2D eigenvalue weighted by atomic mass is 10.1. The first kappa shape index (κ1) is 16.8. The number of carbonyl (C=O) groups excluding carboxylic acids is 2. The zero-order valence-corrected chi connectivity index (χ0v) is 13.8. The van der Waals surface area contributed by atoms with Gasteiger partial charge in [-0.2, -0.15) is 0 Å². The standard InChI is InChI=1S/C14H17N5O3S/c1-6(2)12-18-7(3)10(14(22)19-12)13(21)17-5-9-16-4-8(23-9)11(15)20/h4,6H,5H2,1-3H3,(H2,15,20)(H,17,21)(H,18,19,22). The number of H-pyrrole nitrogens is 1. The van der Waals surface area contributed by atoms with Crippen molar-refractivity contribution >= 4 is 23.2 Å². The number of nitrogens with two attached hydrogens (primary N) is 1. The van der Waals surface area contributed by atoms with E-state index in [0.717, 1.165) is 11.3 Å². The van der Waals surface area contributed by atoms with Gasteiger partial charge in [0.1, 0.15) is 21.3 Å². The number of aryl methyl sites for hydroxylation is 1.